The maximum atomic E-state index is 11.9. The second-order valence-corrected chi connectivity index (χ2v) is 5.20. The van der Waals surface area contributed by atoms with Crippen molar-refractivity contribution in [2.24, 2.45) is 5.73 Å². The molecular weight excluding hydrogens is 272 g/mol. The number of aromatic nitrogens is 2. The number of hydrogen-bond donors (Lipinski definition) is 1. The van der Waals surface area contributed by atoms with Crippen LogP contribution in [0.2, 0.25) is 0 Å². The van der Waals surface area contributed by atoms with Crippen LogP contribution in [0.3, 0.4) is 0 Å². The van der Waals surface area contributed by atoms with E-state index < -0.39 is 5.91 Å². The van der Waals surface area contributed by atoms with Crippen LogP contribution in [-0.4, -0.2) is 53.5 Å². The second-order valence-electron chi connectivity index (χ2n) is 5.20. The number of carbonyl (C=O) groups is 2. The van der Waals surface area contributed by atoms with Crippen molar-refractivity contribution in [2.45, 2.75) is 25.7 Å². The van der Waals surface area contributed by atoms with Gasteiger partial charge in [0, 0.05) is 32.3 Å². The van der Waals surface area contributed by atoms with Gasteiger partial charge in [0.25, 0.3) is 5.91 Å². The lowest BCUT2D eigenvalue weighted by Gasteiger charge is -2.32. The summed E-state index contributed by atoms with van der Waals surface area (Å²) in [6.07, 6.45) is 3.29. The van der Waals surface area contributed by atoms with Crippen molar-refractivity contribution in [3.63, 3.8) is 0 Å². The van der Waals surface area contributed by atoms with Gasteiger partial charge >= 0.3 is 0 Å². The summed E-state index contributed by atoms with van der Waals surface area (Å²) in [5.74, 6) is 0.194. The highest BCUT2D eigenvalue weighted by atomic mass is 16.5. The van der Waals surface area contributed by atoms with Crippen LogP contribution in [0.4, 0.5) is 0 Å². The molecule has 1 atom stereocenters. The standard InChI is InChI=1S/C14H20N4O3/c1-9-11(13(15)20)6-16-14(17-9)10-4-3-5-18(7-10)12(19)8-21-2/h6,10H,3-5,7-8H2,1-2H3,(H2,15,20)/t10-/m1/s1. The van der Waals surface area contributed by atoms with Gasteiger partial charge in [-0.25, -0.2) is 9.97 Å². The van der Waals surface area contributed by atoms with Crippen LogP contribution in [0.25, 0.3) is 0 Å². The number of carbonyl (C=O) groups excluding carboxylic acids is 2. The van der Waals surface area contributed by atoms with E-state index in [2.05, 4.69) is 9.97 Å². The van der Waals surface area contributed by atoms with E-state index in [0.717, 1.165) is 19.4 Å². The van der Waals surface area contributed by atoms with Gasteiger partial charge in [0.15, 0.2) is 0 Å². The lowest BCUT2D eigenvalue weighted by atomic mass is 9.97. The average molecular weight is 292 g/mol. The molecule has 2 N–H and O–H groups in total. The highest BCUT2D eigenvalue weighted by Crippen LogP contribution is 2.24. The Morgan fingerprint density at radius 3 is 2.90 bits per heavy atom. The molecule has 0 saturated carbocycles. The summed E-state index contributed by atoms with van der Waals surface area (Å²) in [6, 6.07) is 0. The van der Waals surface area contributed by atoms with Crippen LogP contribution >= 0.6 is 0 Å². The minimum atomic E-state index is -0.528. The molecule has 1 aromatic rings. The van der Waals surface area contributed by atoms with E-state index in [-0.39, 0.29) is 18.4 Å². The molecule has 114 valence electrons. The fraction of sp³-hybridized carbons (Fsp3) is 0.571. The Kier molecular flexibility index (Phi) is 4.85. The number of aryl methyl sites for hydroxylation is 1. The van der Waals surface area contributed by atoms with E-state index in [1.165, 1.54) is 13.3 Å². The lowest BCUT2D eigenvalue weighted by Crippen LogP contribution is -2.41. The highest BCUT2D eigenvalue weighted by molar-refractivity contribution is 5.93. The van der Waals surface area contributed by atoms with E-state index in [1.54, 1.807) is 11.8 Å². The molecule has 7 heteroatoms. The summed E-state index contributed by atoms with van der Waals surface area (Å²) in [7, 11) is 1.51. The van der Waals surface area contributed by atoms with Crippen molar-refractivity contribution in [1.29, 1.82) is 0 Å². The molecule has 21 heavy (non-hydrogen) atoms. The summed E-state index contributed by atoms with van der Waals surface area (Å²) in [4.78, 5) is 33.5. The van der Waals surface area contributed by atoms with E-state index in [1.807, 2.05) is 0 Å². The number of methoxy groups -OCH3 is 1. The van der Waals surface area contributed by atoms with Crippen molar-refractivity contribution in [2.75, 3.05) is 26.8 Å². The Bertz CT molecular complexity index is 547. The SMILES string of the molecule is COCC(=O)N1CCC[C@@H](c2ncc(C(N)=O)c(C)n2)C1. The molecule has 0 radical (unpaired) electrons. The van der Waals surface area contributed by atoms with Crippen molar-refractivity contribution in [3.8, 4) is 0 Å². The van der Waals surface area contributed by atoms with Gasteiger partial charge in [-0.2, -0.15) is 0 Å². The van der Waals surface area contributed by atoms with E-state index in [0.29, 0.717) is 23.6 Å². The maximum Gasteiger partial charge on any atom is 0.252 e. The topological polar surface area (TPSA) is 98.4 Å². The first-order chi connectivity index (χ1) is 10.0. The fourth-order valence-corrected chi connectivity index (χ4v) is 2.55. The number of amides is 2. The molecule has 1 saturated heterocycles. The molecular formula is C14H20N4O3. The normalized spacial score (nSPS) is 18.6. The molecule has 0 aromatic carbocycles. The second kappa shape index (κ2) is 6.62. The first-order valence-electron chi connectivity index (χ1n) is 6.93. The Morgan fingerprint density at radius 1 is 1.52 bits per heavy atom. The highest BCUT2D eigenvalue weighted by Gasteiger charge is 2.26. The number of primary amides is 1. The van der Waals surface area contributed by atoms with Gasteiger partial charge in [-0.1, -0.05) is 0 Å². The van der Waals surface area contributed by atoms with Gasteiger partial charge in [0.05, 0.1) is 11.3 Å². The quantitative estimate of drug-likeness (QED) is 0.857. The van der Waals surface area contributed by atoms with Crippen LogP contribution in [0.5, 0.6) is 0 Å². The molecule has 7 nitrogen and oxygen atoms in total. The number of nitrogens with zero attached hydrogens (tertiary/aromatic N) is 3. The van der Waals surface area contributed by atoms with Gasteiger partial charge in [0.1, 0.15) is 12.4 Å². The minimum Gasteiger partial charge on any atom is -0.375 e. The van der Waals surface area contributed by atoms with Crippen molar-refractivity contribution < 1.29 is 14.3 Å². The molecule has 2 rings (SSSR count). The summed E-state index contributed by atoms with van der Waals surface area (Å²) in [6.45, 7) is 3.14. The van der Waals surface area contributed by atoms with E-state index >= 15 is 0 Å². The lowest BCUT2D eigenvalue weighted by molar-refractivity contribution is -0.136. The zero-order valence-corrected chi connectivity index (χ0v) is 12.3. The summed E-state index contributed by atoms with van der Waals surface area (Å²) in [5.41, 5.74) is 6.16. The van der Waals surface area contributed by atoms with E-state index in [9.17, 15) is 9.59 Å². The molecule has 1 aromatic heterocycles. The van der Waals surface area contributed by atoms with Gasteiger partial charge in [-0.15, -0.1) is 0 Å². The summed E-state index contributed by atoms with van der Waals surface area (Å²) in [5, 5.41) is 0. The third-order valence-corrected chi connectivity index (χ3v) is 3.67. The summed E-state index contributed by atoms with van der Waals surface area (Å²) >= 11 is 0. The van der Waals surface area contributed by atoms with Crippen molar-refractivity contribution in [1.82, 2.24) is 14.9 Å². The number of hydrogen-bond acceptors (Lipinski definition) is 5. The Morgan fingerprint density at radius 2 is 2.29 bits per heavy atom. The molecule has 0 bridgehead atoms. The van der Waals surface area contributed by atoms with E-state index in [4.69, 9.17) is 10.5 Å². The third-order valence-electron chi connectivity index (χ3n) is 3.67. The Balaban J connectivity index is 2.12. The van der Waals surface area contributed by atoms with Crippen LogP contribution < -0.4 is 5.73 Å². The van der Waals surface area contributed by atoms with Crippen LogP contribution in [0, 0.1) is 6.92 Å². The monoisotopic (exact) mass is 292 g/mol. The zero-order valence-electron chi connectivity index (χ0n) is 12.3. The van der Waals surface area contributed by atoms with Crippen molar-refractivity contribution >= 4 is 11.8 Å². The molecule has 0 spiro atoms. The smallest absolute Gasteiger partial charge is 0.252 e. The van der Waals surface area contributed by atoms with Crippen LogP contribution in [0.15, 0.2) is 6.20 Å². The number of ether oxygens (including phenoxy) is 1. The summed E-state index contributed by atoms with van der Waals surface area (Å²) < 4.78 is 4.89. The fourth-order valence-electron chi connectivity index (χ4n) is 2.55. The minimum absolute atomic E-state index is 0.0207. The molecule has 2 heterocycles. The van der Waals surface area contributed by atoms with Gasteiger partial charge in [0.2, 0.25) is 5.91 Å². The predicted octanol–water partition coefficient (Wildman–Crippen LogP) is 0.236. The van der Waals surface area contributed by atoms with Gasteiger partial charge in [-0.3, -0.25) is 9.59 Å². The van der Waals surface area contributed by atoms with Crippen LogP contribution in [0.1, 0.15) is 40.6 Å². The van der Waals surface area contributed by atoms with Crippen LogP contribution in [-0.2, 0) is 9.53 Å². The molecule has 2 amide bonds. The maximum absolute atomic E-state index is 11.9. The first kappa shape index (κ1) is 15.4. The number of rotatable bonds is 4. The molecule has 1 fully saturated rings. The molecule has 0 aliphatic carbocycles. The van der Waals surface area contributed by atoms with Gasteiger partial charge < -0.3 is 15.4 Å². The Labute approximate surface area is 123 Å². The molecule has 1 aliphatic heterocycles. The Hall–Kier alpha value is -2.02. The van der Waals surface area contributed by atoms with Crippen molar-refractivity contribution in [3.05, 3.63) is 23.3 Å². The van der Waals surface area contributed by atoms with Gasteiger partial charge in [-0.05, 0) is 19.8 Å². The molecule has 1 aliphatic rings. The predicted molar refractivity (Wildman–Crippen MR) is 75.7 cm³/mol. The number of piperidine rings is 1. The average Bonchev–Trinajstić information content (AvgIpc) is 2.47. The number of likely N-dealkylation sites (tertiary alicyclic amines) is 1. The molecule has 0 unspecified atom stereocenters. The zero-order chi connectivity index (χ0) is 15.4. The number of nitrogens with two attached hydrogens (primary N) is 1. The first-order valence-corrected chi connectivity index (χ1v) is 6.93. The third kappa shape index (κ3) is 3.55. The largest absolute Gasteiger partial charge is 0.375 e.